The van der Waals surface area contributed by atoms with Crippen LogP contribution in [0.1, 0.15) is 17.3 Å². The highest BCUT2D eigenvalue weighted by Crippen LogP contribution is 2.26. The van der Waals surface area contributed by atoms with Crippen molar-refractivity contribution in [1.82, 2.24) is 5.32 Å². The number of rotatable bonds is 6. The molecule has 0 aliphatic carbocycles. The lowest BCUT2D eigenvalue weighted by atomic mass is 10.1. The topological polar surface area (TPSA) is 122 Å². The van der Waals surface area contributed by atoms with Gasteiger partial charge in [-0.15, -0.1) is 0 Å². The zero-order valence-electron chi connectivity index (χ0n) is 11.0. The minimum Gasteiger partial charge on any atom is -0.394 e. The maximum Gasteiger partial charge on any atom is 0.293 e. The molecular weight excluding hydrogens is 266 g/mol. The van der Waals surface area contributed by atoms with Crippen LogP contribution in [0.2, 0.25) is 0 Å². The Balaban J connectivity index is 3.14. The number of Topliss-reactive ketones (excluding diaryl/α,β-unsaturated/α-hetero) is 1. The van der Waals surface area contributed by atoms with Crippen LogP contribution in [0.3, 0.4) is 0 Å². The van der Waals surface area contributed by atoms with E-state index in [0.717, 1.165) is 6.07 Å². The Kier molecular flexibility index (Phi) is 5.15. The zero-order valence-corrected chi connectivity index (χ0v) is 11.0. The van der Waals surface area contributed by atoms with Gasteiger partial charge in [-0.2, -0.15) is 0 Å². The van der Waals surface area contributed by atoms with Crippen LogP contribution in [0.5, 0.6) is 0 Å². The molecule has 0 unspecified atom stereocenters. The molecule has 0 radical (unpaired) electrons. The van der Waals surface area contributed by atoms with E-state index in [0.29, 0.717) is 0 Å². The molecule has 1 aromatic rings. The molecule has 1 aromatic carbocycles. The smallest absolute Gasteiger partial charge is 0.293 e. The quantitative estimate of drug-likeness (QED) is 0.392. The van der Waals surface area contributed by atoms with E-state index in [9.17, 15) is 19.7 Å². The van der Waals surface area contributed by atoms with Gasteiger partial charge in [-0.05, 0) is 19.1 Å². The SMILES string of the molecule is CNC(=O)[C@H](CO)Nc1ccc(C(C)=O)cc1[N+](=O)[O-]. The maximum atomic E-state index is 11.4. The molecular formula is C12H15N3O5. The van der Waals surface area contributed by atoms with Crippen molar-refractivity contribution in [2.45, 2.75) is 13.0 Å². The number of nitro benzene ring substituents is 1. The number of ketones is 1. The Labute approximate surface area is 114 Å². The number of aliphatic hydroxyl groups excluding tert-OH is 1. The van der Waals surface area contributed by atoms with Crippen LogP contribution in [0.4, 0.5) is 11.4 Å². The predicted molar refractivity (Wildman–Crippen MR) is 71.7 cm³/mol. The van der Waals surface area contributed by atoms with Gasteiger partial charge >= 0.3 is 0 Å². The van der Waals surface area contributed by atoms with E-state index in [1.54, 1.807) is 0 Å². The van der Waals surface area contributed by atoms with Crippen molar-refractivity contribution in [1.29, 1.82) is 0 Å². The fourth-order valence-electron chi connectivity index (χ4n) is 1.58. The van der Waals surface area contributed by atoms with Gasteiger partial charge in [0.15, 0.2) is 5.78 Å². The van der Waals surface area contributed by atoms with Crippen LogP contribution in [-0.4, -0.2) is 41.4 Å². The van der Waals surface area contributed by atoms with Gasteiger partial charge in [0.1, 0.15) is 11.7 Å². The first-order valence-electron chi connectivity index (χ1n) is 5.79. The lowest BCUT2D eigenvalue weighted by molar-refractivity contribution is -0.384. The first-order chi connectivity index (χ1) is 9.40. The van der Waals surface area contributed by atoms with Gasteiger partial charge in [-0.25, -0.2) is 0 Å². The minimum absolute atomic E-state index is 0.0580. The van der Waals surface area contributed by atoms with Crippen LogP contribution in [0, 0.1) is 10.1 Å². The van der Waals surface area contributed by atoms with E-state index in [1.165, 1.54) is 26.1 Å². The number of hydrogen-bond donors (Lipinski definition) is 3. The van der Waals surface area contributed by atoms with Crippen LogP contribution in [0.25, 0.3) is 0 Å². The second kappa shape index (κ2) is 6.62. The summed E-state index contributed by atoms with van der Waals surface area (Å²) in [5.41, 5.74) is -0.0783. The Hall–Kier alpha value is -2.48. The number of anilines is 1. The molecule has 1 amide bonds. The molecule has 3 N–H and O–H groups in total. The second-order valence-electron chi connectivity index (χ2n) is 4.04. The Morgan fingerprint density at radius 1 is 1.45 bits per heavy atom. The summed E-state index contributed by atoms with van der Waals surface area (Å²) in [5.74, 6) is -0.804. The van der Waals surface area contributed by atoms with Gasteiger partial charge in [0.25, 0.3) is 5.69 Å². The van der Waals surface area contributed by atoms with Crippen molar-refractivity contribution in [2.24, 2.45) is 0 Å². The van der Waals surface area contributed by atoms with E-state index in [1.807, 2.05) is 0 Å². The molecule has 0 fully saturated rings. The van der Waals surface area contributed by atoms with E-state index < -0.39 is 23.5 Å². The van der Waals surface area contributed by atoms with E-state index in [-0.39, 0.29) is 22.7 Å². The molecule has 8 heteroatoms. The summed E-state index contributed by atoms with van der Waals surface area (Å²) in [5, 5.41) is 25.0. The zero-order chi connectivity index (χ0) is 15.3. The molecule has 1 rings (SSSR count). The predicted octanol–water partition coefficient (Wildman–Crippen LogP) is 0.316. The first kappa shape index (κ1) is 15.6. The van der Waals surface area contributed by atoms with Crippen molar-refractivity contribution < 1.29 is 19.6 Å². The van der Waals surface area contributed by atoms with Crippen molar-refractivity contribution >= 4 is 23.1 Å². The number of amides is 1. The maximum absolute atomic E-state index is 11.4. The molecule has 0 aliphatic heterocycles. The lowest BCUT2D eigenvalue weighted by Gasteiger charge is -2.16. The van der Waals surface area contributed by atoms with Gasteiger partial charge < -0.3 is 15.7 Å². The summed E-state index contributed by atoms with van der Waals surface area (Å²) in [6.07, 6.45) is 0. The average Bonchev–Trinajstić information content (AvgIpc) is 2.43. The highest BCUT2D eigenvalue weighted by atomic mass is 16.6. The van der Waals surface area contributed by atoms with Crippen LogP contribution < -0.4 is 10.6 Å². The second-order valence-corrected chi connectivity index (χ2v) is 4.04. The third kappa shape index (κ3) is 3.51. The third-order valence-corrected chi connectivity index (χ3v) is 2.68. The lowest BCUT2D eigenvalue weighted by Crippen LogP contribution is -2.40. The molecule has 1 atom stereocenters. The minimum atomic E-state index is -1.01. The highest BCUT2D eigenvalue weighted by molar-refractivity contribution is 5.95. The molecule has 0 bridgehead atoms. The highest BCUT2D eigenvalue weighted by Gasteiger charge is 2.22. The molecule has 8 nitrogen and oxygen atoms in total. The molecule has 108 valence electrons. The molecule has 0 heterocycles. The molecule has 0 aromatic heterocycles. The van der Waals surface area contributed by atoms with Gasteiger partial charge in [0.05, 0.1) is 11.5 Å². The van der Waals surface area contributed by atoms with Crippen molar-refractivity contribution in [3.8, 4) is 0 Å². The molecule has 0 saturated heterocycles. The molecule has 0 aliphatic rings. The number of aliphatic hydroxyl groups is 1. The summed E-state index contributed by atoms with van der Waals surface area (Å²) < 4.78 is 0. The van der Waals surface area contributed by atoms with Crippen molar-refractivity contribution in [3.05, 3.63) is 33.9 Å². The van der Waals surface area contributed by atoms with E-state index >= 15 is 0 Å². The van der Waals surface area contributed by atoms with Crippen molar-refractivity contribution in [3.63, 3.8) is 0 Å². The third-order valence-electron chi connectivity index (χ3n) is 2.68. The Morgan fingerprint density at radius 2 is 2.10 bits per heavy atom. The largest absolute Gasteiger partial charge is 0.394 e. The number of benzene rings is 1. The van der Waals surface area contributed by atoms with Gasteiger partial charge in [0, 0.05) is 18.7 Å². The standard InChI is InChI=1S/C12H15N3O5/c1-7(17)8-3-4-9(11(5-8)15(19)20)14-10(6-16)12(18)13-2/h3-5,10,14,16H,6H2,1-2H3,(H,13,18)/t10-/m0/s1. The first-order valence-corrected chi connectivity index (χ1v) is 5.79. The number of nitrogens with one attached hydrogen (secondary N) is 2. The summed E-state index contributed by atoms with van der Waals surface area (Å²) in [6.45, 7) is 0.776. The van der Waals surface area contributed by atoms with E-state index in [2.05, 4.69) is 10.6 Å². The molecule has 0 spiro atoms. The summed E-state index contributed by atoms with van der Waals surface area (Å²) in [4.78, 5) is 33.0. The van der Waals surface area contributed by atoms with Crippen LogP contribution >= 0.6 is 0 Å². The summed E-state index contributed by atoms with van der Waals surface area (Å²) in [6, 6.07) is 2.86. The number of likely N-dealkylation sites (N-methyl/N-ethyl adjacent to an activating group) is 1. The summed E-state index contributed by atoms with van der Waals surface area (Å²) in [7, 11) is 1.39. The number of carbonyl (C=O) groups is 2. The summed E-state index contributed by atoms with van der Waals surface area (Å²) >= 11 is 0. The monoisotopic (exact) mass is 281 g/mol. The number of nitrogens with zero attached hydrogens (tertiary/aromatic N) is 1. The number of hydrogen-bond acceptors (Lipinski definition) is 6. The molecule has 0 saturated carbocycles. The fraction of sp³-hybridized carbons (Fsp3) is 0.333. The van der Waals surface area contributed by atoms with Crippen molar-refractivity contribution in [2.75, 3.05) is 19.0 Å². The Bertz CT molecular complexity index is 544. The normalized spacial score (nSPS) is 11.6. The fourth-order valence-corrected chi connectivity index (χ4v) is 1.58. The van der Waals surface area contributed by atoms with Gasteiger partial charge in [-0.1, -0.05) is 0 Å². The van der Waals surface area contributed by atoms with Gasteiger partial charge in [0.2, 0.25) is 5.91 Å². The molecule has 20 heavy (non-hydrogen) atoms. The van der Waals surface area contributed by atoms with Gasteiger partial charge in [-0.3, -0.25) is 19.7 Å². The van der Waals surface area contributed by atoms with E-state index in [4.69, 9.17) is 5.11 Å². The Morgan fingerprint density at radius 3 is 2.55 bits per heavy atom. The number of nitro groups is 1. The average molecular weight is 281 g/mol. The van der Waals surface area contributed by atoms with Crippen LogP contribution in [0.15, 0.2) is 18.2 Å². The van der Waals surface area contributed by atoms with Crippen LogP contribution in [-0.2, 0) is 4.79 Å². The number of carbonyl (C=O) groups excluding carboxylic acids is 2.